The molecule has 0 spiro atoms. The van der Waals surface area contributed by atoms with Crippen LogP contribution in [0.25, 0.3) is 0 Å². The zero-order valence-electron chi connectivity index (χ0n) is 14.1. The van der Waals surface area contributed by atoms with Gasteiger partial charge in [0.2, 0.25) is 0 Å². The lowest BCUT2D eigenvalue weighted by Crippen LogP contribution is -2.26. The fourth-order valence-corrected chi connectivity index (χ4v) is 4.64. The van der Waals surface area contributed by atoms with Gasteiger partial charge in [-0.05, 0) is 41.4 Å². The lowest BCUT2D eigenvalue weighted by Gasteiger charge is -2.35. The second-order valence-electron chi connectivity index (χ2n) is 7.13. The highest BCUT2D eigenvalue weighted by Crippen LogP contribution is 2.58. The zero-order chi connectivity index (χ0) is 15.2. The molecule has 2 aliphatic rings. The van der Waals surface area contributed by atoms with Crippen molar-refractivity contribution in [3.05, 3.63) is 58.7 Å². The first-order valence-corrected chi connectivity index (χ1v) is 8.58. The van der Waals surface area contributed by atoms with Crippen molar-refractivity contribution >= 4 is 0 Å². The average Bonchev–Trinajstić information content (AvgIpc) is 2.78. The molecule has 0 nitrogen and oxygen atoms in total. The fraction of sp³-hybridized carbons (Fsp3) is 0.524. The maximum absolute atomic E-state index is 2.54. The first kappa shape index (κ1) is 14.6. The number of fused-ring (bicyclic) bond motifs is 3. The molecule has 0 amide bonds. The Kier molecular flexibility index (Phi) is 3.59. The first-order chi connectivity index (χ1) is 10.0. The van der Waals surface area contributed by atoms with E-state index in [0.29, 0.717) is 17.8 Å². The highest BCUT2D eigenvalue weighted by Gasteiger charge is 2.47. The molecule has 0 saturated heterocycles. The van der Waals surface area contributed by atoms with Gasteiger partial charge in [-0.1, -0.05) is 76.6 Å². The summed E-state index contributed by atoms with van der Waals surface area (Å²) < 4.78 is 0. The van der Waals surface area contributed by atoms with Gasteiger partial charge in [-0.25, -0.2) is 0 Å². The lowest BCUT2D eigenvalue weighted by molar-refractivity contribution is 0.447. The van der Waals surface area contributed by atoms with E-state index in [1.807, 2.05) is 0 Å². The van der Waals surface area contributed by atoms with Crippen LogP contribution >= 0.6 is 0 Å². The van der Waals surface area contributed by atoms with Crippen LogP contribution in [0.3, 0.4) is 0 Å². The number of benzene rings is 1. The van der Waals surface area contributed by atoms with Crippen molar-refractivity contribution in [3.8, 4) is 0 Å². The standard InChI is InChI=1S/C21H28/c1-6-21(7-2)18-11-9-8-10-17(18)20-15(5)12-16(14(3)4)13-19(20)21/h8-15,20H,6-7H2,1-5H3. The van der Waals surface area contributed by atoms with E-state index in [0.717, 1.165) is 0 Å². The van der Waals surface area contributed by atoms with Crippen molar-refractivity contribution < 1.29 is 0 Å². The SMILES string of the molecule is CCC1(CC)C2=CC(C(C)C)=CC(C)C2c2ccccc21. The fourth-order valence-electron chi connectivity index (χ4n) is 4.64. The normalized spacial score (nSPS) is 26.2. The Labute approximate surface area is 130 Å². The Morgan fingerprint density at radius 2 is 1.76 bits per heavy atom. The first-order valence-electron chi connectivity index (χ1n) is 8.58. The Morgan fingerprint density at radius 3 is 2.38 bits per heavy atom. The van der Waals surface area contributed by atoms with Gasteiger partial charge in [0, 0.05) is 11.3 Å². The molecule has 1 aromatic rings. The molecule has 0 heterocycles. The molecule has 0 aromatic heterocycles. The van der Waals surface area contributed by atoms with Crippen LogP contribution in [-0.2, 0) is 5.41 Å². The molecule has 0 N–H and O–H groups in total. The third-order valence-electron chi connectivity index (χ3n) is 5.88. The van der Waals surface area contributed by atoms with Crippen LogP contribution in [0.1, 0.15) is 64.5 Å². The summed E-state index contributed by atoms with van der Waals surface area (Å²) in [5.41, 5.74) is 6.67. The number of hydrogen-bond donors (Lipinski definition) is 0. The van der Waals surface area contributed by atoms with Gasteiger partial charge in [0.25, 0.3) is 0 Å². The summed E-state index contributed by atoms with van der Waals surface area (Å²) in [6.07, 6.45) is 7.47. The summed E-state index contributed by atoms with van der Waals surface area (Å²) in [7, 11) is 0. The molecule has 112 valence electrons. The van der Waals surface area contributed by atoms with Gasteiger partial charge in [0.15, 0.2) is 0 Å². The molecule has 0 fully saturated rings. The third kappa shape index (κ3) is 1.95. The Balaban J connectivity index is 2.23. The van der Waals surface area contributed by atoms with Crippen molar-refractivity contribution in [1.29, 1.82) is 0 Å². The predicted octanol–water partition coefficient (Wildman–Crippen LogP) is 6.00. The summed E-state index contributed by atoms with van der Waals surface area (Å²) in [6, 6.07) is 9.18. The van der Waals surface area contributed by atoms with Crippen LogP contribution in [0.4, 0.5) is 0 Å². The van der Waals surface area contributed by atoms with Crippen molar-refractivity contribution in [1.82, 2.24) is 0 Å². The molecule has 0 saturated carbocycles. The summed E-state index contributed by atoms with van der Waals surface area (Å²) >= 11 is 0. The van der Waals surface area contributed by atoms with E-state index in [-0.39, 0.29) is 5.41 Å². The van der Waals surface area contributed by atoms with Crippen LogP contribution in [0.5, 0.6) is 0 Å². The van der Waals surface area contributed by atoms with Gasteiger partial charge in [-0.3, -0.25) is 0 Å². The van der Waals surface area contributed by atoms with Crippen LogP contribution in [0.2, 0.25) is 0 Å². The molecule has 2 aliphatic carbocycles. The number of allylic oxidation sites excluding steroid dienone is 4. The largest absolute Gasteiger partial charge is 0.0773 e. The van der Waals surface area contributed by atoms with Crippen molar-refractivity contribution in [2.75, 3.05) is 0 Å². The van der Waals surface area contributed by atoms with Gasteiger partial charge in [-0.2, -0.15) is 0 Å². The van der Waals surface area contributed by atoms with E-state index in [4.69, 9.17) is 0 Å². The molecule has 0 radical (unpaired) electrons. The Hall–Kier alpha value is -1.30. The van der Waals surface area contributed by atoms with E-state index in [9.17, 15) is 0 Å². The molecule has 3 rings (SSSR count). The smallest absolute Gasteiger partial charge is 0.0169 e. The van der Waals surface area contributed by atoms with Gasteiger partial charge >= 0.3 is 0 Å². The minimum Gasteiger partial charge on any atom is -0.0773 e. The average molecular weight is 280 g/mol. The molecular formula is C21H28. The van der Waals surface area contributed by atoms with Gasteiger partial charge in [-0.15, -0.1) is 0 Å². The van der Waals surface area contributed by atoms with Gasteiger partial charge in [0.05, 0.1) is 0 Å². The summed E-state index contributed by atoms with van der Waals surface area (Å²) in [5, 5.41) is 0. The summed E-state index contributed by atoms with van der Waals surface area (Å²) in [6.45, 7) is 11.8. The van der Waals surface area contributed by atoms with Crippen molar-refractivity contribution in [3.63, 3.8) is 0 Å². The molecule has 0 heteroatoms. The van der Waals surface area contributed by atoms with E-state index < -0.39 is 0 Å². The number of rotatable bonds is 3. The third-order valence-corrected chi connectivity index (χ3v) is 5.88. The molecular weight excluding hydrogens is 252 g/mol. The Bertz CT molecular complexity index is 596. The van der Waals surface area contributed by atoms with Crippen LogP contribution in [-0.4, -0.2) is 0 Å². The minimum absolute atomic E-state index is 0.268. The van der Waals surface area contributed by atoms with Crippen LogP contribution in [0.15, 0.2) is 47.6 Å². The molecule has 1 aromatic carbocycles. The van der Waals surface area contributed by atoms with Crippen LogP contribution < -0.4 is 0 Å². The minimum atomic E-state index is 0.268. The molecule has 2 atom stereocenters. The zero-order valence-corrected chi connectivity index (χ0v) is 14.1. The van der Waals surface area contributed by atoms with Crippen LogP contribution in [0, 0.1) is 11.8 Å². The quantitative estimate of drug-likeness (QED) is 0.637. The van der Waals surface area contributed by atoms with Crippen molar-refractivity contribution in [2.24, 2.45) is 11.8 Å². The van der Waals surface area contributed by atoms with E-state index in [1.54, 1.807) is 16.7 Å². The number of hydrogen-bond acceptors (Lipinski definition) is 0. The second-order valence-corrected chi connectivity index (χ2v) is 7.13. The second kappa shape index (κ2) is 5.16. The Morgan fingerprint density at radius 1 is 1.10 bits per heavy atom. The molecule has 0 bridgehead atoms. The topological polar surface area (TPSA) is 0 Å². The summed E-state index contributed by atoms with van der Waals surface area (Å²) in [5.74, 6) is 1.84. The molecule has 21 heavy (non-hydrogen) atoms. The van der Waals surface area contributed by atoms with Gasteiger partial charge in [0.1, 0.15) is 0 Å². The molecule has 2 unspecified atom stereocenters. The maximum Gasteiger partial charge on any atom is 0.0169 e. The monoisotopic (exact) mass is 280 g/mol. The summed E-state index contributed by atoms with van der Waals surface area (Å²) in [4.78, 5) is 0. The highest BCUT2D eigenvalue weighted by atomic mass is 14.5. The predicted molar refractivity (Wildman–Crippen MR) is 91.6 cm³/mol. The van der Waals surface area contributed by atoms with E-state index >= 15 is 0 Å². The molecule has 0 aliphatic heterocycles. The maximum atomic E-state index is 2.54. The van der Waals surface area contributed by atoms with E-state index in [2.05, 4.69) is 71.0 Å². The van der Waals surface area contributed by atoms with E-state index in [1.165, 1.54) is 18.4 Å². The van der Waals surface area contributed by atoms with Gasteiger partial charge < -0.3 is 0 Å². The highest BCUT2D eigenvalue weighted by molar-refractivity contribution is 5.59. The van der Waals surface area contributed by atoms with Crippen molar-refractivity contribution in [2.45, 2.75) is 58.8 Å². The lowest BCUT2D eigenvalue weighted by atomic mass is 9.68.